The second-order valence-electron chi connectivity index (χ2n) is 6.37. The van der Waals surface area contributed by atoms with Gasteiger partial charge in [0.15, 0.2) is 0 Å². The van der Waals surface area contributed by atoms with Crippen molar-refractivity contribution in [3.63, 3.8) is 0 Å². The number of carbonyl (C=O) groups is 1. The van der Waals surface area contributed by atoms with Crippen LogP contribution in [0.5, 0.6) is 0 Å². The molecule has 3 rings (SSSR count). The highest BCUT2D eigenvalue weighted by Crippen LogP contribution is 2.37. The number of aryl methyl sites for hydroxylation is 1. The molecule has 114 valence electrons. The Morgan fingerprint density at radius 2 is 1.90 bits per heavy atom. The van der Waals surface area contributed by atoms with E-state index in [-0.39, 0.29) is 5.92 Å². The molecule has 0 bridgehead atoms. The van der Waals surface area contributed by atoms with Crippen LogP contribution in [0.1, 0.15) is 25.3 Å². The molecule has 1 aliphatic carbocycles. The fourth-order valence-corrected chi connectivity index (χ4v) is 3.45. The molecule has 1 aromatic carbocycles. The molecule has 0 N–H and O–H groups in total. The third-order valence-electron chi connectivity index (χ3n) is 4.81. The van der Waals surface area contributed by atoms with Gasteiger partial charge in [-0.1, -0.05) is 18.5 Å². The van der Waals surface area contributed by atoms with E-state index in [1.807, 2.05) is 17.0 Å². The summed E-state index contributed by atoms with van der Waals surface area (Å²) in [7, 11) is 0. The molecule has 1 heterocycles. The molecule has 0 radical (unpaired) electrons. The van der Waals surface area contributed by atoms with Gasteiger partial charge in [0.2, 0.25) is 5.91 Å². The Balaban J connectivity index is 1.60. The first-order valence-electron chi connectivity index (χ1n) is 7.86. The Labute approximate surface area is 131 Å². The van der Waals surface area contributed by atoms with Crippen LogP contribution < -0.4 is 4.90 Å². The number of halogens is 1. The summed E-state index contributed by atoms with van der Waals surface area (Å²) in [6.45, 7) is 7.66. The highest BCUT2D eigenvalue weighted by atomic mass is 35.5. The van der Waals surface area contributed by atoms with Crippen molar-refractivity contribution >= 4 is 23.2 Å². The summed E-state index contributed by atoms with van der Waals surface area (Å²) in [5.41, 5.74) is 2.44. The first-order valence-corrected chi connectivity index (χ1v) is 8.24. The standard InChI is InChI=1S/C17H23ClN2O/c1-12-11-15(18)5-6-16(12)19-7-9-20(10-8-19)17(21)13(2)14-3-4-14/h5-6,11,13-14H,3-4,7-10H2,1-2H3. The SMILES string of the molecule is Cc1cc(Cl)ccc1N1CCN(C(=O)C(C)C2CC2)CC1. The fourth-order valence-electron chi connectivity index (χ4n) is 3.23. The molecule has 1 atom stereocenters. The van der Waals surface area contributed by atoms with Crippen LogP contribution in [0.4, 0.5) is 5.69 Å². The van der Waals surface area contributed by atoms with Crippen molar-refractivity contribution in [3.8, 4) is 0 Å². The van der Waals surface area contributed by atoms with E-state index in [1.165, 1.54) is 24.1 Å². The molecule has 0 aromatic heterocycles. The van der Waals surface area contributed by atoms with Gasteiger partial charge in [-0.05, 0) is 49.4 Å². The van der Waals surface area contributed by atoms with Crippen molar-refractivity contribution in [3.05, 3.63) is 28.8 Å². The zero-order valence-electron chi connectivity index (χ0n) is 12.8. The summed E-state index contributed by atoms with van der Waals surface area (Å²) < 4.78 is 0. The van der Waals surface area contributed by atoms with Gasteiger partial charge in [-0.15, -0.1) is 0 Å². The molecule has 1 saturated heterocycles. The van der Waals surface area contributed by atoms with E-state index in [0.717, 1.165) is 31.2 Å². The number of carbonyl (C=O) groups excluding carboxylic acids is 1. The Kier molecular flexibility index (Phi) is 4.12. The van der Waals surface area contributed by atoms with Crippen LogP contribution in [0.15, 0.2) is 18.2 Å². The van der Waals surface area contributed by atoms with Crippen molar-refractivity contribution in [2.45, 2.75) is 26.7 Å². The largest absolute Gasteiger partial charge is 0.368 e. The summed E-state index contributed by atoms with van der Waals surface area (Å²) in [5.74, 6) is 1.22. The molecule has 1 aliphatic heterocycles. The van der Waals surface area contributed by atoms with Gasteiger partial charge in [0.25, 0.3) is 0 Å². The lowest BCUT2D eigenvalue weighted by Gasteiger charge is -2.38. The van der Waals surface area contributed by atoms with Crippen LogP contribution in [0.25, 0.3) is 0 Å². The first-order chi connectivity index (χ1) is 10.1. The molecule has 2 aliphatic rings. The van der Waals surface area contributed by atoms with Crippen LogP contribution in [0, 0.1) is 18.8 Å². The Bertz CT molecular complexity index is 534. The van der Waals surface area contributed by atoms with Gasteiger partial charge < -0.3 is 9.80 Å². The molecule has 1 amide bonds. The van der Waals surface area contributed by atoms with Crippen LogP contribution in [-0.4, -0.2) is 37.0 Å². The smallest absolute Gasteiger partial charge is 0.225 e. The van der Waals surface area contributed by atoms with Gasteiger partial charge in [-0.3, -0.25) is 4.79 Å². The molecule has 4 heteroatoms. The van der Waals surface area contributed by atoms with Crippen molar-refractivity contribution in [1.82, 2.24) is 4.90 Å². The maximum absolute atomic E-state index is 12.4. The normalized spacial score (nSPS) is 20.5. The molecule has 0 spiro atoms. The second kappa shape index (κ2) is 5.88. The quantitative estimate of drug-likeness (QED) is 0.855. The van der Waals surface area contributed by atoms with Crippen molar-refractivity contribution in [2.24, 2.45) is 11.8 Å². The number of anilines is 1. The van der Waals surface area contributed by atoms with E-state index in [9.17, 15) is 4.79 Å². The zero-order chi connectivity index (χ0) is 15.0. The number of nitrogens with zero attached hydrogens (tertiary/aromatic N) is 2. The van der Waals surface area contributed by atoms with Gasteiger partial charge >= 0.3 is 0 Å². The average Bonchev–Trinajstić information content (AvgIpc) is 3.31. The molecule has 2 fully saturated rings. The summed E-state index contributed by atoms with van der Waals surface area (Å²) in [6.07, 6.45) is 2.47. The zero-order valence-corrected chi connectivity index (χ0v) is 13.6. The van der Waals surface area contributed by atoms with Gasteiger partial charge in [-0.2, -0.15) is 0 Å². The number of amides is 1. The number of rotatable bonds is 3. The van der Waals surface area contributed by atoms with Gasteiger partial charge in [0.1, 0.15) is 0 Å². The van der Waals surface area contributed by atoms with E-state index in [0.29, 0.717) is 11.8 Å². The summed E-state index contributed by atoms with van der Waals surface area (Å²) >= 11 is 6.02. The minimum Gasteiger partial charge on any atom is -0.368 e. The highest BCUT2D eigenvalue weighted by molar-refractivity contribution is 6.30. The Morgan fingerprint density at radius 3 is 2.48 bits per heavy atom. The number of piperazine rings is 1. The minimum atomic E-state index is 0.216. The lowest BCUT2D eigenvalue weighted by molar-refractivity contribution is -0.135. The van der Waals surface area contributed by atoms with Crippen LogP contribution in [-0.2, 0) is 4.79 Å². The van der Waals surface area contributed by atoms with Crippen molar-refractivity contribution in [1.29, 1.82) is 0 Å². The molecular weight excluding hydrogens is 284 g/mol. The van der Waals surface area contributed by atoms with Crippen molar-refractivity contribution in [2.75, 3.05) is 31.1 Å². The molecule has 3 nitrogen and oxygen atoms in total. The first kappa shape index (κ1) is 14.7. The van der Waals surface area contributed by atoms with Gasteiger partial charge in [0.05, 0.1) is 0 Å². The second-order valence-corrected chi connectivity index (χ2v) is 6.81. The van der Waals surface area contributed by atoms with E-state index < -0.39 is 0 Å². The maximum Gasteiger partial charge on any atom is 0.225 e. The molecule has 1 saturated carbocycles. The van der Waals surface area contributed by atoms with E-state index in [1.54, 1.807) is 0 Å². The minimum absolute atomic E-state index is 0.216. The van der Waals surface area contributed by atoms with Crippen LogP contribution >= 0.6 is 11.6 Å². The summed E-state index contributed by atoms with van der Waals surface area (Å²) in [6, 6.07) is 6.03. The summed E-state index contributed by atoms with van der Waals surface area (Å²) in [5, 5.41) is 0.781. The maximum atomic E-state index is 12.4. The Morgan fingerprint density at radius 1 is 1.24 bits per heavy atom. The number of benzene rings is 1. The topological polar surface area (TPSA) is 23.6 Å². The monoisotopic (exact) mass is 306 g/mol. The number of hydrogen-bond acceptors (Lipinski definition) is 2. The molecule has 1 aromatic rings. The average molecular weight is 307 g/mol. The third kappa shape index (κ3) is 3.18. The predicted octanol–water partition coefficient (Wildman–Crippen LogP) is 3.34. The van der Waals surface area contributed by atoms with Gasteiger partial charge in [-0.25, -0.2) is 0 Å². The molecular formula is C17H23ClN2O. The third-order valence-corrected chi connectivity index (χ3v) is 5.04. The van der Waals surface area contributed by atoms with E-state index in [4.69, 9.17) is 11.6 Å². The summed E-state index contributed by atoms with van der Waals surface area (Å²) in [4.78, 5) is 16.8. The fraction of sp³-hybridized carbons (Fsp3) is 0.588. The van der Waals surface area contributed by atoms with Crippen LogP contribution in [0.2, 0.25) is 5.02 Å². The van der Waals surface area contributed by atoms with E-state index >= 15 is 0 Å². The predicted molar refractivity (Wildman–Crippen MR) is 86.9 cm³/mol. The molecule has 21 heavy (non-hydrogen) atoms. The lowest BCUT2D eigenvalue weighted by Crippen LogP contribution is -2.50. The lowest BCUT2D eigenvalue weighted by atomic mass is 10.0. The van der Waals surface area contributed by atoms with E-state index in [2.05, 4.69) is 24.8 Å². The number of hydrogen-bond donors (Lipinski definition) is 0. The van der Waals surface area contributed by atoms with Crippen molar-refractivity contribution < 1.29 is 4.79 Å². The Hall–Kier alpha value is -1.22. The van der Waals surface area contributed by atoms with Gasteiger partial charge in [0, 0.05) is 42.8 Å². The molecule has 1 unspecified atom stereocenters. The highest BCUT2D eigenvalue weighted by Gasteiger charge is 2.35. The van der Waals surface area contributed by atoms with Crippen LogP contribution in [0.3, 0.4) is 0 Å².